The van der Waals surface area contributed by atoms with Crippen molar-refractivity contribution in [3.8, 4) is 0 Å². The molecule has 21 heavy (non-hydrogen) atoms. The van der Waals surface area contributed by atoms with Crippen LogP contribution in [0.4, 0.5) is 0 Å². The molecule has 0 spiro atoms. The van der Waals surface area contributed by atoms with E-state index in [0.29, 0.717) is 5.41 Å². The van der Waals surface area contributed by atoms with Gasteiger partial charge in [0.1, 0.15) is 0 Å². The second kappa shape index (κ2) is 9.49. The first-order valence-corrected chi connectivity index (χ1v) is 9.39. The van der Waals surface area contributed by atoms with Crippen LogP contribution in [0.5, 0.6) is 0 Å². The first-order chi connectivity index (χ1) is 9.99. The minimum Gasteiger partial charge on any atom is -0.0713 e. The highest BCUT2D eigenvalue weighted by atomic mass is 14.3. The molecule has 0 aromatic rings. The van der Waals surface area contributed by atoms with E-state index in [0.717, 1.165) is 0 Å². The van der Waals surface area contributed by atoms with Crippen LogP contribution in [0.25, 0.3) is 0 Å². The highest BCUT2D eigenvalue weighted by molar-refractivity contribution is 5.45. The average Bonchev–Trinajstić information content (AvgIpc) is 2.64. The van der Waals surface area contributed by atoms with Gasteiger partial charge in [0.25, 0.3) is 0 Å². The third-order valence-electron chi connectivity index (χ3n) is 5.35. The lowest BCUT2D eigenvalue weighted by Crippen LogP contribution is -2.05. The molecular formula is C21H38. The number of rotatable bonds is 11. The molecule has 0 heteroatoms. The zero-order chi connectivity index (χ0) is 15.7. The van der Waals surface area contributed by atoms with Crippen molar-refractivity contribution in [3.63, 3.8) is 0 Å². The normalized spacial score (nSPS) is 17.5. The third-order valence-corrected chi connectivity index (χ3v) is 5.35. The summed E-state index contributed by atoms with van der Waals surface area (Å²) < 4.78 is 0. The maximum absolute atomic E-state index is 2.51. The van der Waals surface area contributed by atoms with Gasteiger partial charge in [-0.05, 0) is 37.8 Å². The van der Waals surface area contributed by atoms with Crippen LogP contribution in [0.3, 0.4) is 0 Å². The summed E-state index contributed by atoms with van der Waals surface area (Å²) in [6.07, 6.45) is 18.1. The molecule has 0 heterocycles. The van der Waals surface area contributed by atoms with Gasteiger partial charge in [0.2, 0.25) is 0 Å². The Morgan fingerprint density at radius 1 is 0.762 bits per heavy atom. The highest BCUT2D eigenvalue weighted by Crippen LogP contribution is 2.41. The summed E-state index contributed by atoms with van der Waals surface area (Å²) in [5.74, 6) is 0. The molecule has 1 rings (SSSR count). The smallest absolute Gasteiger partial charge is 0.00431 e. The Morgan fingerprint density at radius 2 is 1.24 bits per heavy atom. The van der Waals surface area contributed by atoms with E-state index in [1.807, 2.05) is 0 Å². The third kappa shape index (κ3) is 6.41. The van der Waals surface area contributed by atoms with E-state index in [9.17, 15) is 0 Å². The lowest BCUT2D eigenvalue weighted by Gasteiger charge is -2.17. The van der Waals surface area contributed by atoms with Crippen LogP contribution >= 0.6 is 0 Å². The molecule has 1 aliphatic carbocycles. The van der Waals surface area contributed by atoms with Gasteiger partial charge in [-0.15, -0.1) is 0 Å². The zero-order valence-corrected chi connectivity index (χ0v) is 15.4. The fraction of sp³-hybridized carbons (Fsp3) is 0.810. The van der Waals surface area contributed by atoms with Crippen molar-refractivity contribution in [2.45, 2.75) is 105 Å². The van der Waals surface area contributed by atoms with Crippen LogP contribution in [-0.2, 0) is 0 Å². The second-order valence-corrected chi connectivity index (χ2v) is 7.57. The number of allylic oxidation sites excluding steroid dienone is 4. The summed E-state index contributed by atoms with van der Waals surface area (Å²) in [5.41, 5.74) is 5.07. The van der Waals surface area contributed by atoms with Gasteiger partial charge in [0.15, 0.2) is 0 Å². The van der Waals surface area contributed by atoms with Crippen LogP contribution in [0.15, 0.2) is 22.8 Å². The number of hydrogen-bond acceptors (Lipinski definition) is 0. The predicted molar refractivity (Wildman–Crippen MR) is 96.7 cm³/mol. The largest absolute Gasteiger partial charge is 0.0713 e. The van der Waals surface area contributed by atoms with Crippen molar-refractivity contribution in [1.82, 2.24) is 0 Å². The van der Waals surface area contributed by atoms with Gasteiger partial charge >= 0.3 is 0 Å². The number of unbranched alkanes of at least 4 members (excludes halogenated alkanes) is 9. The molecule has 0 saturated heterocycles. The lowest BCUT2D eigenvalue weighted by molar-refractivity contribution is 0.555. The molecule has 0 N–H and O–H groups in total. The molecule has 0 nitrogen and oxygen atoms in total. The molecule has 0 atom stereocenters. The minimum absolute atomic E-state index is 0.303. The van der Waals surface area contributed by atoms with E-state index in [4.69, 9.17) is 0 Å². The fourth-order valence-electron chi connectivity index (χ4n) is 3.44. The van der Waals surface area contributed by atoms with Gasteiger partial charge in [0, 0.05) is 5.41 Å². The van der Waals surface area contributed by atoms with Crippen LogP contribution in [0, 0.1) is 5.41 Å². The van der Waals surface area contributed by atoms with Crippen molar-refractivity contribution in [1.29, 1.82) is 0 Å². The average molecular weight is 291 g/mol. The molecule has 122 valence electrons. The van der Waals surface area contributed by atoms with Crippen molar-refractivity contribution in [3.05, 3.63) is 22.8 Å². The molecule has 0 fully saturated rings. The van der Waals surface area contributed by atoms with E-state index in [2.05, 4.69) is 40.7 Å². The van der Waals surface area contributed by atoms with Crippen LogP contribution in [0.1, 0.15) is 105 Å². The molecule has 0 aliphatic heterocycles. The monoisotopic (exact) mass is 290 g/mol. The van der Waals surface area contributed by atoms with Crippen molar-refractivity contribution in [2.24, 2.45) is 5.41 Å². The van der Waals surface area contributed by atoms with Gasteiger partial charge in [-0.1, -0.05) is 90.2 Å². The Bertz CT molecular complexity index is 354. The Morgan fingerprint density at radius 3 is 1.67 bits per heavy atom. The van der Waals surface area contributed by atoms with E-state index < -0.39 is 0 Å². The summed E-state index contributed by atoms with van der Waals surface area (Å²) in [4.78, 5) is 0. The molecule has 0 aromatic heterocycles. The first kappa shape index (κ1) is 18.5. The molecule has 0 bridgehead atoms. The van der Waals surface area contributed by atoms with Gasteiger partial charge < -0.3 is 0 Å². The Kier molecular flexibility index (Phi) is 8.37. The Hall–Kier alpha value is -0.520. The summed E-state index contributed by atoms with van der Waals surface area (Å²) in [5, 5.41) is 0. The van der Waals surface area contributed by atoms with E-state index in [1.54, 1.807) is 16.7 Å². The quantitative estimate of drug-likeness (QED) is 0.344. The SMILES string of the molecule is CCCCCCCCCCCCC1=CC(C)(C)C(C)=C1C. The molecule has 0 unspecified atom stereocenters. The number of hydrogen-bond donors (Lipinski definition) is 0. The van der Waals surface area contributed by atoms with E-state index in [-0.39, 0.29) is 0 Å². The van der Waals surface area contributed by atoms with E-state index >= 15 is 0 Å². The van der Waals surface area contributed by atoms with Crippen LogP contribution < -0.4 is 0 Å². The van der Waals surface area contributed by atoms with Gasteiger partial charge in [-0.2, -0.15) is 0 Å². The van der Waals surface area contributed by atoms with Gasteiger partial charge in [-0.25, -0.2) is 0 Å². The Labute approximate surface area is 134 Å². The van der Waals surface area contributed by atoms with Crippen molar-refractivity contribution < 1.29 is 0 Å². The van der Waals surface area contributed by atoms with Crippen LogP contribution in [0.2, 0.25) is 0 Å². The highest BCUT2D eigenvalue weighted by Gasteiger charge is 2.26. The molecule has 0 radical (unpaired) electrons. The standard InChI is InChI=1S/C21H38/c1-6-7-8-9-10-11-12-13-14-15-16-20-17-21(4,5)19(3)18(20)2/h17H,6-16H2,1-5H3. The predicted octanol–water partition coefficient (Wildman–Crippen LogP) is 7.60. The topological polar surface area (TPSA) is 0 Å². The van der Waals surface area contributed by atoms with Crippen LogP contribution in [-0.4, -0.2) is 0 Å². The maximum Gasteiger partial charge on any atom is 0.00431 e. The van der Waals surface area contributed by atoms with E-state index in [1.165, 1.54) is 70.6 Å². The Balaban J connectivity index is 2.03. The summed E-state index contributed by atoms with van der Waals surface area (Å²) >= 11 is 0. The zero-order valence-electron chi connectivity index (χ0n) is 15.4. The lowest BCUT2D eigenvalue weighted by atomic mass is 9.88. The van der Waals surface area contributed by atoms with Gasteiger partial charge in [-0.3, -0.25) is 0 Å². The summed E-state index contributed by atoms with van der Waals surface area (Å²) in [6.45, 7) is 11.6. The first-order valence-electron chi connectivity index (χ1n) is 9.39. The van der Waals surface area contributed by atoms with Gasteiger partial charge in [0.05, 0.1) is 0 Å². The molecule has 1 aliphatic rings. The molecular weight excluding hydrogens is 252 g/mol. The molecule has 0 saturated carbocycles. The fourth-order valence-corrected chi connectivity index (χ4v) is 3.44. The van der Waals surface area contributed by atoms with Crippen molar-refractivity contribution in [2.75, 3.05) is 0 Å². The molecule has 0 aromatic carbocycles. The summed E-state index contributed by atoms with van der Waals surface area (Å²) in [6, 6.07) is 0. The summed E-state index contributed by atoms with van der Waals surface area (Å²) in [7, 11) is 0. The minimum atomic E-state index is 0.303. The second-order valence-electron chi connectivity index (χ2n) is 7.57. The van der Waals surface area contributed by atoms with Crippen molar-refractivity contribution >= 4 is 0 Å². The maximum atomic E-state index is 2.51. The molecule has 0 amide bonds.